The first-order chi connectivity index (χ1) is 7.84. The van der Waals surface area contributed by atoms with Gasteiger partial charge in [0.25, 0.3) is 0 Å². The number of sulfone groups is 1. The zero-order chi connectivity index (χ0) is 13.1. The van der Waals surface area contributed by atoms with Gasteiger partial charge in [0.05, 0.1) is 12.7 Å². The van der Waals surface area contributed by atoms with Crippen LogP contribution in [-0.2, 0) is 9.84 Å². The van der Waals surface area contributed by atoms with Crippen LogP contribution >= 0.6 is 0 Å². The van der Waals surface area contributed by atoms with Crippen molar-refractivity contribution in [1.82, 2.24) is 4.98 Å². The molecule has 4 N–H and O–H groups in total. The number of nitrogens with zero attached hydrogens (tertiary/aromatic N) is 1. The molecule has 0 aromatic carbocycles. The second-order valence-corrected chi connectivity index (χ2v) is 5.84. The second-order valence-electron chi connectivity index (χ2n) is 3.88. The zero-order valence-corrected chi connectivity index (χ0v) is 10.3. The van der Waals surface area contributed by atoms with Crippen molar-refractivity contribution in [2.75, 3.05) is 12.9 Å². The van der Waals surface area contributed by atoms with E-state index in [-0.39, 0.29) is 18.1 Å². The Labute approximate surface area is 100 Å². The quantitative estimate of drug-likeness (QED) is 0.640. The predicted octanol–water partition coefficient (Wildman–Crippen LogP) is -0.772. The van der Waals surface area contributed by atoms with Crippen molar-refractivity contribution in [2.45, 2.75) is 23.6 Å². The van der Waals surface area contributed by atoms with Gasteiger partial charge in [-0.3, -0.25) is 0 Å². The minimum atomic E-state index is -3.37. The van der Waals surface area contributed by atoms with Crippen LogP contribution in [0.1, 0.15) is 18.0 Å². The largest absolute Gasteiger partial charge is 0.394 e. The van der Waals surface area contributed by atoms with E-state index in [1.807, 2.05) is 0 Å². The molecule has 0 fully saturated rings. The van der Waals surface area contributed by atoms with E-state index < -0.39 is 22.0 Å². The molecule has 6 nitrogen and oxygen atoms in total. The monoisotopic (exact) mass is 260 g/mol. The first kappa shape index (κ1) is 14.0. The lowest BCUT2D eigenvalue weighted by molar-refractivity contribution is 0.0826. The number of hydrogen-bond donors (Lipinski definition) is 3. The summed E-state index contributed by atoms with van der Waals surface area (Å²) in [5.41, 5.74) is 6.35. The van der Waals surface area contributed by atoms with Crippen molar-refractivity contribution in [1.29, 1.82) is 0 Å². The molecule has 0 spiro atoms. The summed E-state index contributed by atoms with van der Waals surface area (Å²) in [5.74, 6) is 0. The van der Waals surface area contributed by atoms with Crippen LogP contribution < -0.4 is 5.73 Å². The van der Waals surface area contributed by atoms with Gasteiger partial charge in [-0.05, 0) is 24.1 Å². The van der Waals surface area contributed by atoms with E-state index in [1.54, 1.807) is 6.07 Å². The van der Waals surface area contributed by atoms with Crippen LogP contribution in [0.2, 0.25) is 0 Å². The molecule has 0 amide bonds. The maximum atomic E-state index is 11.3. The lowest BCUT2D eigenvalue weighted by Gasteiger charge is -2.15. The van der Waals surface area contributed by atoms with Gasteiger partial charge in [-0.1, -0.05) is 0 Å². The van der Waals surface area contributed by atoms with Gasteiger partial charge in [0.1, 0.15) is 0 Å². The first-order valence-electron chi connectivity index (χ1n) is 5.05. The molecule has 1 aromatic rings. The Morgan fingerprint density at radius 3 is 2.71 bits per heavy atom. The number of rotatable bonds is 5. The normalized spacial score (nSPS) is 15.5. The molecule has 0 aliphatic heterocycles. The summed E-state index contributed by atoms with van der Waals surface area (Å²) in [5, 5.41) is 17.9. The van der Waals surface area contributed by atoms with Crippen LogP contribution in [0.25, 0.3) is 0 Å². The molecule has 1 unspecified atom stereocenters. The van der Waals surface area contributed by atoms with E-state index in [0.717, 1.165) is 6.26 Å². The number of hydrogen-bond acceptors (Lipinski definition) is 6. The summed E-state index contributed by atoms with van der Waals surface area (Å²) in [6, 6.07) is 2.42. The maximum absolute atomic E-state index is 11.3. The summed E-state index contributed by atoms with van der Waals surface area (Å²) in [6.45, 7) is -0.377. The molecule has 17 heavy (non-hydrogen) atoms. The Balaban J connectivity index is 2.92. The van der Waals surface area contributed by atoms with Crippen molar-refractivity contribution in [3.63, 3.8) is 0 Å². The van der Waals surface area contributed by atoms with Crippen LogP contribution in [0, 0.1) is 0 Å². The molecule has 1 rings (SSSR count). The van der Waals surface area contributed by atoms with Crippen LogP contribution in [0.5, 0.6) is 0 Å². The lowest BCUT2D eigenvalue weighted by Crippen LogP contribution is -2.21. The summed E-state index contributed by atoms with van der Waals surface area (Å²) in [7, 11) is -3.37. The standard InChI is InChI=1S/C10H16N2O4S/c1-17(15,16)10-4-7(2-3-12-10)9(11)5-8(14)6-13/h2-4,8-9,13-14H,5-6,11H2,1H3/t8?,9-/m0/s1. The Kier molecular flexibility index (Phi) is 4.58. The van der Waals surface area contributed by atoms with Crippen LogP contribution in [0.15, 0.2) is 23.4 Å². The Morgan fingerprint density at radius 2 is 2.18 bits per heavy atom. The highest BCUT2D eigenvalue weighted by Crippen LogP contribution is 2.17. The molecular weight excluding hydrogens is 244 g/mol. The van der Waals surface area contributed by atoms with Gasteiger partial charge in [0.15, 0.2) is 14.9 Å². The third-order valence-electron chi connectivity index (χ3n) is 2.30. The fraction of sp³-hybridized carbons (Fsp3) is 0.500. The topological polar surface area (TPSA) is 114 Å². The minimum absolute atomic E-state index is 0.0519. The highest BCUT2D eigenvalue weighted by molar-refractivity contribution is 7.90. The summed E-state index contributed by atoms with van der Waals surface area (Å²) in [4.78, 5) is 3.74. The molecule has 1 aromatic heterocycles. The fourth-order valence-corrected chi connectivity index (χ4v) is 1.96. The van der Waals surface area contributed by atoms with E-state index in [0.29, 0.717) is 5.56 Å². The lowest BCUT2D eigenvalue weighted by atomic mass is 10.0. The predicted molar refractivity (Wildman–Crippen MR) is 62.0 cm³/mol. The van der Waals surface area contributed by atoms with Crippen LogP contribution in [0.3, 0.4) is 0 Å². The van der Waals surface area contributed by atoms with Crippen molar-refractivity contribution in [3.05, 3.63) is 23.9 Å². The number of aliphatic hydroxyl groups excluding tert-OH is 2. The average molecular weight is 260 g/mol. The first-order valence-corrected chi connectivity index (χ1v) is 6.94. The Hall–Kier alpha value is -1.02. The van der Waals surface area contributed by atoms with Gasteiger partial charge in [-0.15, -0.1) is 0 Å². The Morgan fingerprint density at radius 1 is 1.53 bits per heavy atom. The zero-order valence-electron chi connectivity index (χ0n) is 9.44. The molecule has 0 saturated heterocycles. The highest BCUT2D eigenvalue weighted by atomic mass is 32.2. The van der Waals surface area contributed by atoms with Crippen molar-refractivity contribution < 1.29 is 18.6 Å². The molecule has 0 radical (unpaired) electrons. The Bertz CT molecular complexity index is 475. The van der Waals surface area contributed by atoms with Crippen LogP contribution in [0.4, 0.5) is 0 Å². The number of nitrogens with two attached hydrogens (primary N) is 1. The third kappa shape index (κ3) is 4.04. The molecule has 2 atom stereocenters. The summed E-state index contributed by atoms with van der Waals surface area (Å²) in [6.07, 6.45) is 1.66. The van der Waals surface area contributed by atoms with E-state index in [1.165, 1.54) is 12.3 Å². The number of pyridine rings is 1. The highest BCUT2D eigenvalue weighted by Gasteiger charge is 2.15. The van der Waals surface area contributed by atoms with Crippen molar-refractivity contribution >= 4 is 9.84 Å². The smallest absolute Gasteiger partial charge is 0.192 e. The van der Waals surface area contributed by atoms with E-state index >= 15 is 0 Å². The molecule has 1 heterocycles. The van der Waals surface area contributed by atoms with E-state index in [9.17, 15) is 13.5 Å². The van der Waals surface area contributed by atoms with Gasteiger partial charge in [-0.25, -0.2) is 13.4 Å². The maximum Gasteiger partial charge on any atom is 0.192 e. The number of aromatic nitrogens is 1. The summed E-state index contributed by atoms with van der Waals surface area (Å²) >= 11 is 0. The van der Waals surface area contributed by atoms with Crippen LogP contribution in [-0.4, -0.2) is 42.6 Å². The second kappa shape index (κ2) is 5.54. The van der Waals surface area contributed by atoms with E-state index in [2.05, 4.69) is 4.98 Å². The average Bonchev–Trinajstić information content (AvgIpc) is 2.28. The number of aliphatic hydroxyl groups is 2. The molecule has 0 aliphatic rings. The van der Waals surface area contributed by atoms with Crippen molar-refractivity contribution in [3.8, 4) is 0 Å². The van der Waals surface area contributed by atoms with Gasteiger partial charge >= 0.3 is 0 Å². The van der Waals surface area contributed by atoms with Gasteiger partial charge in [0.2, 0.25) is 0 Å². The molecular formula is C10H16N2O4S. The fourth-order valence-electron chi connectivity index (χ4n) is 1.36. The van der Waals surface area contributed by atoms with Crippen molar-refractivity contribution in [2.24, 2.45) is 5.73 Å². The summed E-state index contributed by atoms with van der Waals surface area (Å²) < 4.78 is 22.6. The molecule has 0 saturated carbocycles. The van der Waals surface area contributed by atoms with Gasteiger partial charge in [-0.2, -0.15) is 0 Å². The minimum Gasteiger partial charge on any atom is -0.394 e. The molecule has 96 valence electrons. The molecule has 0 aliphatic carbocycles. The van der Waals surface area contributed by atoms with Gasteiger partial charge in [0, 0.05) is 18.5 Å². The molecule has 7 heteroatoms. The third-order valence-corrected chi connectivity index (χ3v) is 3.29. The molecule has 0 bridgehead atoms. The SMILES string of the molecule is CS(=O)(=O)c1cc([C@@H](N)CC(O)CO)ccn1. The van der Waals surface area contributed by atoms with E-state index in [4.69, 9.17) is 10.8 Å². The van der Waals surface area contributed by atoms with Gasteiger partial charge < -0.3 is 15.9 Å².